The van der Waals surface area contributed by atoms with Gasteiger partial charge in [0.2, 0.25) is 0 Å². The van der Waals surface area contributed by atoms with E-state index in [0.717, 1.165) is 67.3 Å². The molecule has 59 heavy (non-hydrogen) atoms. The summed E-state index contributed by atoms with van der Waals surface area (Å²) in [6.45, 7) is 0. The first kappa shape index (κ1) is 34.4. The van der Waals surface area contributed by atoms with E-state index in [9.17, 15) is 0 Å². The van der Waals surface area contributed by atoms with Crippen LogP contribution in [0.3, 0.4) is 0 Å². The largest absolute Gasteiger partial charge is 0.453 e. The molecule has 10 aromatic rings. The highest BCUT2D eigenvalue weighted by atomic mass is 16.5. The lowest BCUT2D eigenvalue weighted by molar-refractivity contribution is 0.440. The van der Waals surface area contributed by atoms with E-state index < -0.39 is 0 Å². The molecule has 1 heterocycles. The Morgan fingerprint density at radius 1 is 0.271 bits per heavy atom. The van der Waals surface area contributed by atoms with Gasteiger partial charge in [0.25, 0.3) is 0 Å². The van der Waals surface area contributed by atoms with Crippen molar-refractivity contribution in [3.63, 3.8) is 0 Å². The fraction of sp³-hybridized carbons (Fsp3) is 0. The number of benzene rings is 10. The van der Waals surface area contributed by atoms with Gasteiger partial charge < -0.3 is 14.4 Å². The number of hydrogen-bond acceptors (Lipinski definition) is 3. The molecule has 0 aromatic heterocycles. The van der Waals surface area contributed by atoms with Crippen LogP contribution < -0.4 is 14.4 Å². The van der Waals surface area contributed by atoms with Gasteiger partial charge >= 0.3 is 0 Å². The highest BCUT2D eigenvalue weighted by Crippen LogP contribution is 2.49. The van der Waals surface area contributed by atoms with Crippen LogP contribution >= 0.6 is 0 Å². The van der Waals surface area contributed by atoms with Crippen molar-refractivity contribution in [3.8, 4) is 67.5 Å². The van der Waals surface area contributed by atoms with E-state index in [4.69, 9.17) is 9.47 Å². The standard InChI is InChI=1S/C56H37NO2/c1-2-10-38(11-3-1)40-26-32-46(33-27-40)57(48-36-30-43(31-37-48)50-17-6-13-42-12-4-5-16-49(42)50)47-34-28-41(29-35-47)39-22-24-44(25-23-39)51-18-9-21-54-56(51)59-53-20-8-15-45-14-7-19-52(58-54)55(45)53/h1-37H. The molecule has 0 saturated carbocycles. The topological polar surface area (TPSA) is 21.7 Å². The zero-order chi connectivity index (χ0) is 39.1. The third kappa shape index (κ3) is 6.36. The second-order valence-corrected chi connectivity index (χ2v) is 14.9. The summed E-state index contributed by atoms with van der Waals surface area (Å²) in [6.07, 6.45) is 0. The molecule has 1 aliphatic rings. The summed E-state index contributed by atoms with van der Waals surface area (Å²) in [6, 6.07) is 79.3. The Labute approximate surface area is 343 Å². The van der Waals surface area contributed by atoms with Crippen molar-refractivity contribution < 1.29 is 9.47 Å². The molecule has 1 aliphatic heterocycles. The third-order valence-electron chi connectivity index (χ3n) is 11.4. The maximum atomic E-state index is 6.63. The van der Waals surface area contributed by atoms with E-state index in [1.54, 1.807) is 0 Å². The molecule has 0 fully saturated rings. The Kier molecular flexibility index (Phi) is 8.49. The summed E-state index contributed by atoms with van der Waals surface area (Å²) >= 11 is 0. The van der Waals surface area contributed by atoms with Gasteiger partial charge in [-0.2, -0.15) is 0 Å². The number of fused-ring (bicyclic) bond motifs is 2. The van der Waals surface area contributed by atoms with Gasteiger partial charge in [-0.3, -0.25) is 0 Å². The molecule has 0 unspecified atom stereocenters. The Balaban J connectivity index is 0.913. The van der Waals surface area contributed by atoms with E-state index in [2.05, 4.69) is 193 Å². The van der Waals surface area contributed by atoms with Gasteiger partial charge in [0.1, 0.15) is 11.5 Å². The van der Waals surface area contributed by atoms with Crippen molar-refractivity contribution >= 4 is 38.6 Å². The Morgan fingerprint density at radius 2 is 0.695 bits per heavy atom. The minimum atomic E-state index is 0.702. The normalized spacial score (nSPS) is 11.7. The number of anilines is 3. The lowest BCUT2D eigenvalue weighted by Gasteiger charge is -2.26. The smallest absolute Gasteiger partial charge is 0.177 e. The molecule has 11 rings (SSSR count). The SMILES string of the molecule is c1ccc(-c2ccc(N(c3ccc(-c4ccc(-c5cccc6c5Oc5cccc7cccc(c57)O6)cc4)cc3)c3ccc(-c4cccc5ccccc45)cc3)cc2)cc1. The van der Waals surface area contributed by atoms with Crippen LogP contribution in [0.1, 0.15) is 0 Å². The molecular formula is C56H37NO2. The van der Waals surface area contributed by atoms with E-state index in [1.807, 2.05) is 36.4 Å². The van der Waals surface area contributed by atoms with Gasteiger partial charge in [-0.25, -0.2) is 0 Å². The van der Waals surface area contributed by atoms with Gasteiger partial charge in [-0.1, -0.05) is 170 Å². The monoisotopic (exact) mass is 755 g/mol. The van der Waals surface area contributed by atoms with E-state index in [0.29, 0.717) is 5.75 Å². The molecule has 3 heteroatoms. The molecule has 0 aliphatic carbocycles. The van der Waals surface area contributed by atoms with Gasteiger partial charge in [0.15, 0.2) is 11.5 Å². The maximum Gasteiger partial charge on any atom is 0.177 e. The maximum absolute atomic E-state index is 6.63. The summed E-state index contributed by atoms with van der Waals surface area (Å²) < 4.78 is 13.1. The van der Waals surface area contributed by atoms with Crippen LogP contribution in [0.15, 0.2) is 224 Å². The quantitative estimate of drug-likeness (QED) is 0.162. The van der Waals surface area contributed by atoms with Crippen LogP contribution in [0.25, 0.3) is 66.1 Å². The highest BCUT2D eigenvalue weighted by molar-refractivity contribution is 5.97. The molecule has 0 N–H and O–H groups in total. The van der Waals surface area contributed by atoms with Crippen molar-refractivity contribution in [2.24, 2.45) is 0 Å². The minimum absolute atomic E-state index is 0.702. The molecular weight excluding hydrogens is 719 g/mol. The molecule has 0 bridgehead atoms. The number of ether oxygens (including phenoxy) is 2. The third-order valence-corrected chi connectivity index (χ3v) is 11.4. The lowest BCUT2D eigenvalue weighted by atomic mass is 9.98. The van der Waals surface area contributed by atoms with Crippen LogP contribution in [0.5, 0.6) is 23.0 Å². The van der Waals surface area contributed by atoms with Crippen molar-refractivity contribution in [2.75, 3.05) is 4.90 Å². The van der Waals surface area contributed by atoms with E-state index in [-0.39, 0.29) is 0 Å². The van der Waals surface area contributed by atoms with Gasteiger partial charge in [-0.15, -0.1) is 0 Å². The zero-order valence-corrected chi connectivity index (χ0v) is 32.1. The Hall–Kier alpha value is -7.88. The average Bonchev–Trinajstić information content (AvgIpc) is 3.48. The fourth-order valence-corrected chi connectivity index (χ4v) is 8.39. The van der Waals surface area contributed by atoms with Crippen molar-refractivity contribution in [1.29, 1.82) is 0 Å². The van der Waals surface area contributed by atoms with Crippen LogP contribution in [0, 0.1) is 0 Å². The molecule has 3 nitrogen and oxygen atoms in total. The molecule has 0 atom stereocenters. The average molecular weight is 756 g/mol. The van der Waals surface area contributed by atoms with Gasteiger partial charge in [0.05, 0.1) is 5.39 Å². The van der Waals surface area contributed by atoms with Gasteiger partial charge in [0, 0.05) is 22.6 Å². The summed E-state index contributed by atoms with van der Waals surface area (Å²) in [5.74, 6) is 3.01. The van der Waals surface area contributed by atoms with Crippen molar-refractivity contribution in [2.45, 2.75) is 0 Å². The van der Waals surface area contributed by atoms with Crippen LogP contribution in [-0.2, 0) is 0 Å². The molecule has 0 radical (unpaired) electrons. The predicted octanol–water partition coefficient (Wildman–Crippen LogP) is 16.0. The van der Waals surface area contributed by atoms with E-state index in [1.165, 1.54) is 33.0 Å². The molecule has 10 aromatic carbocycles. The number of para-hydroxylation sites is 1. The predicted molar refractivity (Wildman–Crippen MR) is 244 cm³/mol. The summed E-state index contributed by atoms with van der Waals surface area (Å²) in [5.41, 5.74) is 12.4. The van der Waals surface area contributed by atoms with Crippen LogP contribution in [0.2, 0.25) is 0 Å². The van der Waals surface area contributed by atoms with Crippen molar-refractivity contribution in [3.05, 3.63) is 224 Å². The fourth-order valence-electron chi connectivity index (χ4n) is 8.39. The lowest BCUT2D eigenvalue weighted by Crippen LogP contribution is -2.09. The first-order valence-corrected chi connectivity index (χ1v) is 20.0. The zero-order valence-electron chi connectivity index (χ0n) is 32.1. The Bertz CT molecular complexity index is 3110. The minimum Gasteiger partial charge on any atom is -0.453 e. The van der Waals surface area contributed by atoms with Crippen LogP contribution in [-0.4, -0.2) is 0 Å². The summed E-state index contributed by atoms with van der Waals surface area (Å²) in [5, 5.41) is 4.57. The molecule has 0 amide bonds. The van der Waals surface area contributed by atoms with Crippen LogP contribution in [0.4, 0.5) is 17.1 Å². The number of rotatable bonds is 7. The second-order valence-electron chi connectivity index (χ2n) is 14.9. The summed E-state index contributed by atoms with van der Waals surface area (Å²) in [7, 11) is 0. The molecule has 0 saturated heterocycles. The van der Waals surface area contributed by atoms with Crippen molar-refractivity contribution in [1.82, 2.24) is 0 Å². The Morgan fingerprint density at radius 3 is 1.36 bits per heavy atom. The van der Waals surface area contributed by atoms with E-state index >= 15 is 0 Å². The molecule has 278 valence electrons. The van der Waals surface area contributed by atoms with Gasteiger partial charge in [-0.05, 0) is 110 Å². The first-order chi connectivity index (χ1) is 29.2. The number of nitrogens with zero attached hydrogens (tertiary/aromatic N) is 1. The highest BCUT2D eigenvalue weighted by Gasteiger charge is 2.22. The summed E-state index contributed by atoms with van der Waals surface area (Å²) in [4.78, 5) is 2.33. The first-order valence-electron chi connectivity index (χ1n) is 20.0. The number of hydrogen-bond donors (Lipinski definition) is 0. The second kappa shape index (κ2) is 14.6. The molecule has 0 spiro atoms.